The Morgan fingerprint density at radius 1 is 1.27 bits per heavy atom. The fourth-order valence-corrected chi connectivity index (χ4v) is 2.05. The minimum atomic E-state index is 0.205. The standard InChI is InChI=1S/C12H16ClNO/c13-11-3-1-10(2-4-11)12(5-6-12)9-14-7-8-15/h1-4,14-15H,5-9H2. The molecule has 0 aliphatic heterocycles. The third kappa shape index (κ3) is 2.51. The molecule has 1 aromatic carbocycles. The molecule has 2 nitrogen and oxygen atoms in total. The first-order valence-corrected chi connectivity index (χ1v) is 5.72. The molecule has 2 rings (SSSR count). The molecule has 0 bridgehead atoms. The van der Waals surface area contributed by atoms with Crippen LogP contribution in [0.4, 0.5) is 0 Å². The number of nitrogens with one attached hydrogen (secondary N) is 1. The van der Waals surface area contributed by atoms with Crippen LogP contribution in [0.15, 0.2) is 24.3 Å². The number of halogens is 1. The van der Waals surface area contributed by atoms with E-state index in [1.165, 1.54) is 18.4 Å². The topological polar surface area (TPSA) is 32.3 Å². The molecule has 1 aliphatic rings. The molecule has 3 heteroatoms. The van der Waals surface area contributed by atoms with Crippen molar-refractivity contribution in [3.8, 4) is 0 Å². The van der Waals surface area contributed by atoms with Crippen LogP contribution in [0, 0.1) is 0 Å². The van der Waals surface area contributed by atoms with Crippen molar-refractivity contribution in [2.24, 2.45) is 0 Å². The zero-order chi connectivity index (χ0) is 10.7. The molecule has 0 amide bonds. The minimum Gasteiger partial charge on any atom is -0.395 e. The van der Waals surface area contributed by atoms with E-state index in [0.29, 0.717) is 12.0 Å². The van der Waals surface area contributed by atoms with Crippen LogP contribution in [0.25, 0.3) is 0 Å². The fourth-order valence-electron chi connectivity index (χ4n) is 1.93. The van der Waals surface area contributed by atoms with Gasteiger partial charge in [0.15, 0.2) is 0 Å². The van der Waals surface area contributed by atoms with Crippen molar-refractivity contribution >= 4 is 11.6 Å². The van der Waals surface area contributed by atoms with E-state index in [1.54, 1.807) is 0 Å². The van der Waals surface area contributed by atoms with Gasteiger partial charge in [0.1, 0.15) is 0 Å². The summed E-state index contributed by atoms with van der Waals surface area (Å²) >= 11 is 5.86. The summed E-state index contributed by atoms with van der Waals surface area (Å²) in [6.07, 6.45) is 2.46. The zero-order valence-electron chi connectivity index (χ0n) is 8.67. The van der Waals surface area contributed by atoms with Crippen molar-refractivity contribution in [3.63, 3.8) is 0 Å². The van der Waals surface area contributed by atoms with Gasteiger partial charge in [-0.3, -0.25) is 0 Å². The summed E-state index contributed by atoms with van der Waals surface area (Å²) in [5.41, 5.74) is 1.66. The lowest BCUT2D eigenvalue weighted by molar-refractivity contribution is 0.290. The number of aliphatic hydroxyl groups excluding tert-OH is 1. The molecule has 0 atom stereocenters. The number of rotatable bonds is 5. The number of hydrogen-bond acceptors (Lipinski definition) is 2. The van der Waals surface area contributed by atoms with E-state index < -0.39 is 0 Å². The molecule has 0 unspecified atom stereocenters. The maximum absolute atomic E-state index is 8.71. The minimum absolute atomic E-state index is 0.205. The van der Waals surface area contributed by atoms with Crippen LogP contribution in [-0.2, 0) is 5.41 Å². The average molecular weight is 226 g/mol. The molecule has 0 radical (unpaired) electrons. The van der Waals surface area contributed by atoms with Crippen LogP contribution in [-0.4, -0.2) is 24.8 Å². The predicted octanol–water partition coefficient (Wildman–Crippen LogP) is 1.95. The Bertz CT molecular complexity index is 319. The monoisotopic (exact) mass is 225 g/mol. The molecule has 0 heterocycles. The molecule has 0 saturated heterocycles. The highest BCUT2D eigenvalue weighted by Gasteiger charge is 2.43. The Labute approximate surface area is 95.3 Å². The van der Waals surface area contributed by atoms with Gasteiger partial charge in [-0.15, -0.1) is 0 Å². The van der Waals surface area contributed by atoms with Gasteiger partial charge < -0.3 is 10.4 Å². The lowest BCUT2D eigenvalue weighted by Crippen LogP contribution is -2.29. The molecule has 1 aliphatic carbocycles. The quantitative estimate of drug-likeness (QED) is 0.751. The molecule has 1 fully saturated rings. The maximum atomic E-state index is 8.71. The van der Waals surface area contributed by atoms with Crippen LogP contribution in [0.2, 0.25) is 5.02 Å². The van der Waals surface area contributed by atoms with Crippen molar-refractivity contribution in [3.05, 3.63) is 34.9 Å². The average Bonchev–Trinajstić information content (AvgIpc) is 3.00. The fraction of sp³-hybridized carbons (Fsp3) is 0.500. The molecule has 15 heavy (non-hydrogen) atoms. The number of benzene rings is 1. The second-order valence-electron chi connectivity index (χ2n) is 4.19. The summed E-state index contributed by atoms with van der Waals surface area (Å²) < 4.78 is 0. The Balaban J connectivity index is 1.99. The van der Waals surface area contributed by atoms with Gasteiger partial charge >= 0.3 is 0 Å². The normalized spacial score (nSPS) is 17.7. The summed E-state index contributed by atoms with van der Waals surface area (Å²) in [5, 5.41) is 12.8. The van der Waals surface area contributed by atoms with E-state index in [4.69, 9.17) is 16.7 Å². The third-order valence-electron chi connectivity index (χ3n) is 3.06. The highest BCUT2D eigenvalue weighted by Crippen LogP contribution is 2.47. The lowest BCUT2D eigenvalue weighted by Gasteiger charge is -2.16. The first kappa shape index (κ1) is 10.9. The highest BCUT2D eigenvalue weighted by atomic mass is 35.5. The van der Waals surface area contributed by atoms with Gasteiger partial charge in [-0.1, -0.05) is 23.7 Å². The lowest BCUT2D eigenvalue weighted by atomic mass is 9.96. The maximum Gasteiger partial charge on any atom is 0.0555 e. The largest absolute Gasteiger partial charge is 0.395 e. The number of aliphatic hydroxyl groups is 1. The first-order chi connectivity index (χ1) is 7.27. The zero-order valence-corrected chi connectivity index (χ0v) is 9.43. The van der Waals surface area contributed by atoms with Crippen LogP contribution >= 0.6 is 11.6 Å². The van der Waals surface area contributed by atoms with E-state index in [0.717, 1.165) is 11.6 Å². The van der Waals surface area contributed by atoms with Crippen LogP contribution in [0.5, 0.6) is 0 Å². The van der Waals surface area contributed by atoms with Gasteiger partial charge in [0.2, 0.25) is 0 Å². The first-order valence-electron chi connectivity index (χ1n) is 5.34. The second-order valence-corrected chi connectivity index (χ2v) is 4.62. The van der Waals surface area contributed by atoms with Crippen molar-refractivity contribution in [1.29, 1.82) is 0 Å². The summed E-state index contributed by atoms with van der Waals surface area (Å²) in [5.74, 6) is 0. The van der Waals surface area contributed by atoms with Crippen LogP contribution in [0.3, 0.4) is 0 Å². The highest BCUT2D eigenvalue weighted by molar-refractivity contribution is 6.30. The Morgan fingerprint density at radius 3 is 2.47 bits per heavy atom. The van der Waals surface area contributed by atoms with Gasteiger partial charge in [-0.05, 0) is 30.5 Å². The molecular formula is C12H16ClNO. The Morgan fingerprint density at radius 2 is 1.93 bits per heavy atom. The predicted molar refractivity (Wildman–Crippen MR) is 62.3 cm³/mol. The van der Waals surface area contributed by atoms with Crippen LogP contribution in [0.1, 0.15) is 18.4 Å². The van der Waals surface area contributed by atoms with Gasteiger partial charge in [0.05, 0.1) is 6.61 Å². The van der Waals surface area contributed by atoms with E-state index in [-0.39, 0.29) is 6.61 Å². The van der Waals surface area contributed by atoms with Gasteiger partial charge in [-0.2, -0.15) is 0 Å². The molecule has 1 saturated carbocycles. The Kier molecular flexibility index (Phi) is 3.29. The molecule has 82 valence electrons. The van der Waals surface area contributed by atoms with E-state index in [1.807, 2.05) is 12.1 Å². The summed E-state index contributed by atoms with van der Waals surface area (Å²) in [4.78, 5) is 0. The second kappa shape index (κ2) is 4.52. The van der Waals surface area contributed by atoms with Gasteiger partial charge in [0.25, 0.3) is 0 Å². The smallest absolute Gasteiger partial charge is 0.0555 e. The SMILES string of the molecule is OCCNCC1(c2ccc(Cl)cc2)CC1. The van der Waals surface area contributed by atoms with Crippen molar-refractivity contribution in [1.82, 2.24) is 5.32 Å². The molecule has 1 aromatic rings. The van der Waals surface area contributed by atoms with Crippen molar-refractivity contribution in [2.45, 2.75) is 18.3 Å². The van der Waals surface area contributed by atoms with E-state index in [2.05, 4.69) is 17.4 Å². The summed E-state index contributed by atoms with van der Waals surface area (Å²) in [6.45, 7) is 1.83. The molecule has 2 N–H and O–H groups in total. The molecular weight excluding hydrogens is 210 g/mol. The molecule has 0 spiro atoms. The number of hydrogen-bond donors (Lipinski definition) is 2. The molecule has 0 aromatic heterocycles. The van der Waals surface area contributed by atoms with Gasteiger partial charge in [0, 0.05) is 23.5 Å². The summed E-state index contributed by atoms with van der Waals surface area (Å²) in [7, 11) is 0. The van der Waals surface area contributed by atoms with Gasteiger partial charge in [-0.25, -0.2) is 0 Å². The Hall–Kier alpha value is -0.570. The van der Waals surface area contributed by atoms with E-state index in [9.17, 15) is 0 Å². The van der Waals surface area contributed by atoms with Crippen LogP contribution < -0.4 is 5.32 Å². The summed E-state index contributed by atoms with van der Waals surface area (Å²) in [6, 6.07) is 8.11. The van der Waals surface area contributed by atoms with Crippen molar-refractivity contribution < 1.29 is 5.11 Å². The van der Waals surface area contributed by atoms with Crippen molar-refractivity contribution in [2.75, 3.05) is 19.7 Å². The third-order valence-corrected chi connectivity index (χ3v) is 3.31. The van der Waals surface area contributed by atoms with E-state index >= 15 is 0 Å².